The average molecular weight is 308 g/mol. The highest BCUT2D eigenvalue weighted by Crippen LogP contribution is 2.38. The Hall–Kier alpha value is -0.850. The van der Waals surface area contributed by atoms with E-state index in [0.29, 0.717) is 5.39 Å². The highest BCUT2D eigenvalue weighted by molar-refractivity contribution is 9.10. The summed E-state index contributed by atoms with van der Waals surface area (Å²) < 4.78 is 15.2. The SMILES string of the molecule is O=P(O)(O)OOc1c[nH]c2ccc(Br)cc12. The van der Waals surface area contributed by atoms with Crippen LogP contribution in [-0.2, 0) is 9.24 Å². The van der Waals surface area contributed by atoms with Crippen LogP contribution in [0.15, 0.2) is 28.9 Å². The molecule has 1 heterocycles. The number of aromatic nitrogens is 1. The summed E-state index contributed by atoms with van der Waals surface area (Å²) in [5.74, 6) is 0.208. The summed E-state index contributed by atoms with van der Waals surface area (Å²) in [5, 5.41) is 0.655. The molecule has 0 bridgehead atoms. The zero-order valence-electron chi connectivity index (χ0n) is 7.75. The number of halogens is 1. The Morgan fingerprint density at radius 3 is 2.81 bits per heavy atom. The third kappa shape index (κ3) is 2.63. The molecule has 0 aliphatic rings. The third-order valence-corrected chi connectivity index (χ3v) is 2.59. The Kier molecular flexibility index (Phi) is 3.05. The maximum atomic E-state index is 10.5. The second kappa shape index (κ2) is 4.20. The van der Waals surface area contributed by atoms with Gasteiger partial charge in [-0.3, -0.25) is 0 Å². The molecule has 0 aliphatic heterocycles. The van der Waals surface area contributed by atoms with Crippen molar-refractivity contribution in [2.45, 2.75) is 0 Å². The molecule has 2 rings (SSSR count). The van der Waals surface area contributed by atoms with Crippen LogP contribution in [0.25, 0.3) is 10.9 Å². The van der Waals surface area contributed by atoms with E-state index >= 15 is 0 Å². The molecule has 1 aromatic heterocycles. The number of nitrogens with one attached hydrogen (secondary N) is 1. The van der Waals surface area contributed by atoms with Gasteiger partial charge in [0.15, 0.2) is 5.75 Å². The molecule has 16 heavy (non-hydrogen) atoms. The molecule has 0 fully saturated rings. The van der Waals surface area contributed by atoms with Crippen molar-refractivity contribution in [2.24, 2.45) is 0 Å². The van der Waals surface area contributed by atoms with E-state index in [0.717, 1.165) is 9.99 Å². The molecule has 1 aromatic carbocycles. The van der Waals surface area contributed by atoms with E-state index in [4.69, 9.17) is 9.79 Å². The maximum absolute atomic E-state index is 10.5. The van der Waals surface area contributed by atoms with E-state index in [-0.39, 0.29) is 5.75 Å². The van der Waals surface area contributed by atoms with Crippen molar-refractivity contribution in [1.29, 1.82) is 0 Å². The molecule has 0 aliphatic carbocycles. The molecule has 6 nitrogen and oxygen atoms in total. The number of phosphoric acid groups is 1. The fourth-order valence-electron chi connectivity index (χ4n) is 1.22. The van der Waals surface area contributed by atoms with Crippen molar-refractivity contribution in [1.82, 2.24) is 4.98 Å². The molecular weight excluding hydrogens is 301 g/mol. The number of hydrogen-bond acceptors (Lipinski definition) is 3. The van der Waals surface area contributed by atoms with Crippen LogP contribution in [0.2, 0.25) is 0 Å². The molecule has 8 heteroatoms. The van der Waals surface area contributed by atoms with Crippen LogP contribution in [0, 0.1) is 0 Å². The summed E-state index contributed by atoms with van der Waals surface area (Å²) in [5.41, 5.74) is 0.771. The van der Waals surface area contributed by atoms with Crippen molar-refractivity contribution >= 4 is 34.7 Å². The zero-order chi connectivity index (χ0) is 11.8. The number of H-pyrrole nitrogens is 1. The number of fused-ring (bicyclic) bond motifs is 1. The standard InChI is InChI=1S/C8H7BrNO5P/c9-5-1-2-7-6(3-5)8(4-10-7)14-15-16(11,12)13/h1-4,10H,(H2,11,12,13). The van der Waals surface area contributed by atoms with Crippen molar-refractivity contribution in [3.8, 4) is 5.75 Å². The minimum absolute atomic E-state index is 0.208. The normalized spacial score (nSPS) is 11.9. The highest BCUT2D eigenvalue weighted by atomic mass is 79.9. The van der Waals surface area contributed by atoms with Gasteiger partial charge in [0.05, 0.1) is 0 Å². The fraction of sp³-hybridized carbons (Fsp3) is 0. The lowest BCUT2D eigenvalue weighted by molar-refractivity contribution is -0.121. The minimum atomic E-state index is -4.64. The Morgan fingerprint density at radius 2 is 2.12 bits per heavy atom. The molecule has 86 valence electrons. The Bertz CT molecular complexity index is 563. The number of rotatable bonds is 3. The van der Waals surface area contributed by atoms with E-state index < -0.39 is 7.82 Å². The van der Waals surface area contributed by atoms with Gasteiger partial charge in [0.2, 0.25) is 0 Å². The monoisotopic (exact) mass is 307 g/mol. The molecular formula is C8H7BrNO5P. The van der Waals surface area contributed by atoms with E-state index in [2.05, 4.69) is 30.5 Å². The van der Waals surface area contributed by atoms with Gasteiger partial charge in [0.1, 0.15) is 0 Å². The van der Waals surface area contributed by atoms with E-state index in [1.807, 2.05) is 6.07 Å². The molecule has 0 atom stereocenters. The van der Waals surface area contributed by atoms with Gasteiger partial charge in [-0.05, 0) is 18.2 Å². The van der Waals surface area contributed by atoms with Gasteiger partial charge in [-0.25, -0.2) is 4.57 Å². The van der Waals surface area contributed by atoms with Crippen LogP contribution in [0.1, 0.15) is 0 Å². The predicted molar refractivity (Wildman–Crippen MR) is 59.8 cm³/mol. The number of hydrogen-bond donors (Lipinski definition) is 3. The molecule has 0 saturated carbocycles. The van der Waals surface area contributed by atoms with E-state index in [9.17, 15) is 4.57 Å². The Morgan fingerprint density at radius 1 is 1.38 bits per heavy atom. The quantitative estimate of drug-likeness (QED) is 0.460. The lowest BCUT2D eigenvalue weighted by Crippen LogP contribution is -1.93. The Balaban J connectivity index is 2.31. The second-order valence-corrected chi connectivity index (χ2v) is 5.04. The zero-order valence-corrected chi connectivity index (χ0v) is 10.2. The lowest BCUT2D eigenvalue weighted by atomic mass is 10.2. The first-order chi connectivity index (χ1) is 7.46. The summed E-state index contributed by atoms with van der Waals surface area (Å²) in [4.78, 5) is 24.4. The predicted octanol–water partition coefficient (Wildman–Crippen LogP) is 2.33. The van der Waals surface area contributed by atoms with Gasteiger partial charge in [-0.15, -0.1) is 0 Å². The van der Waals surface area contributed by atoms with Crippen molar-refractivity contribution in [3.05, 3.63) is 28.9 Å². The van der Waals surface area contributed by atoms with Gasteiger partial charge >= 0.3 is 7.82 Å². The van der Waals surface area contributed by atoms with Gasteiger partial charge in [-0.1, -0.05) is 20.6 Å². The summed E-state index contributed by atoms with van der Waals surface area (Å²) in [6.07, 6.45) is 1.45. The number of aromatic amines is 1. The first-order valence-electron chi connectivity index (χ1n) is 4.14. The Labute approximate surface area is 98.5 Å². The van der Waals surface area contributed by atoms with Gasteiger partial charge in [-0.2, -0.15) is 0 Å². The second-order valence-electron chi connectivity index (χ2n) is 2.99. The van der Waals surface area contributed by atoms with Crippen LogP contribution >= 0.6 is 23.8 Å². The first-order valence-corrected chi connectivity index (χ1v) is 6.46. The largest absolute Gasteiger partial charge is 0.505 e. The third-order valence-electron chi connectivity index (χ3n) is 1.83. The topological polar surface area (TPSA) is 91.8 Å². The molecule has 0 unspecified atom stereocenters. The molecule has 0 amide bonds. The highest BCUT2D eigenvalue weighted by Gasteiger charge is 2.17. The van der Waals surface area contributed by atoms with Crippen LogP contribution in [0.4, 0.5) is 0 Å². The molecule has 0 radical (unpaired) electrons. The van der Waals surface area contributed by atoms with Gasteiger partial charge < -0.3 is 19.7 Å². The van der Waals surface area contributed by atoms with E-state index in [1.165, 1.54) is 6.20 Å². The molecule has 0 saturated heterocycles. The summed E-state index contributed by atoms with van der Waals surface area (Å²) >= 11 is 3.28. The van der Waals surface area contributed by atoms with Crippen LogP contribution < -0.4 is 4.89 Å². The van der Waals surface area contributed by atoms with Crippen molar-refractivity contribution < 1.29 is 23.9 Å². The van der Waals surface area contributed by atoms with Gasteiger partial charge in [0, 0.05) is 21.6 Å². The van der Waals surface area contributed by atoms with Crippen LogP contribution in [0.5, 0.6) is 5.75 Å². The maximum Gasteiger partial charge on any atom is 0.505 e. The summed E-state index contributed by atoms with van der Waals surface area (Å²) in [6.45, 7) is 0. The summed E-state index contributed by atoms with van der Waals surface area (Å²) in [7, 11) is -4.64. The molecule has 2 aromatic rings. The number of benzene rings is 1. The minimum Gasteiger partial charge on any atom is -0.358 e. The first kappa shape index (κ1) is 11.6. The van der Waals surface area contributed by atoms with Crippen molar-refractivity contribution in [3.63, 3.8) is 0 Å². The fourth-order valence-corrected chi connectivity index (χ4v) is 1.76. The summed E-state index contributed by atoms with van der Waals surface area (Å²) in [6, 6.07) is 5.36. The molecule has 0 spiro atoms. The molecule has 3 N–H and O–H groups in total. The average Bonchev–Trinajstić information content (AvgIpc) is 2.56. The van der Waals surface area contributed by atoms with Crippen LogP contribution in [0.3, 0.4) is 0 Å². The lowest BCUT2D eigenvalue weighted by Gasteiger charge is -2.03. The van der Waals surface area contributed by atoms with Crippen molar-refractivity contribution in [2.75, 3.05) is 0 Å². The van der Waals surface area contributed by atoms with Crippen LogP contribution in [-0.4, -0.2) is 14.8 Å². The van der Waals surface area contributed by atoms with Gasteiger partial charge in [0.25, 0.3) is 0 Å². The van der Waals surface area contributed by atoms with E-state index in [1.54, 1.807) is 12.1 Å². The smallest absolute Gasteiger partial charge is 0.358 e.